The largest absolute Gasteiger partial charge is 0.378 e. The van der Waals surface area contributed by atoms with Crippen molar-refractivity contribution in [3.63, 3.8) is 0 Å². The van der Waals surface area contributed by atoms with E-state index >= 15 is 0 Å². The fourth-order valence-corrected chi connectivity index (χ4v) is 2.86. The van der Waals surface area contributed by atoms with E-state index in [-0.39, 0.29) is 11.5 Å². The number of morpholine rings is 1. The minimum atomic E-state index is -0.805. The van der Waals surface area contributed by atoms with E-state index in [0.29, 0.717) is 37.6 Å². The molecule has 0 unspecified atom stereocenters. The van der Waals surface area contributed by atoms with Gasteiger partial charge in [-0.25, -0.2) is 9.18 Å². The number of nitrogens with one attached hydrogen (secondary N) is 2. The molecule has 0 spiro atoms. The highest BCUT2D eigenvalue weighted by molar-refractivity contribution is 5.98. The van der Waals surface area contributed by atoms with Crippen LogP contribution in [0.15, 0.2) is 35.5 Å². The fourth-order valence-electron chi connectivity index (χ4n) is 2.86. The third-order valence-electron chi connectivity index (χ3n) is 4.01. The van der Waals surface area contributed by atoms with Gasteiger partial charge in [0.15, 0.2) is 0 Å². The number of urea groups is 1. The Morgan fingerprint density at radius 3 is 2.70 bits per heavy atom. The summed E-state index contributed by atoms with van der Waals surface area (Å²) in [5, 5.41) is 5.24. The molecule has 1 aromatic carbocycles. The maximum absolute atomic E-state index is 14.2. The molecule has 3 amide bonds. The first-order chi connectivity index (χ1) is 11.1. The van der Waals surface area contributed by atoms with Crippen LogP contribution in [0.5, 0.6) is 0 Å². The molecule has 2 N–H and O–H groups in total. The highest BCUT2D eigenvalue weighted by atomic mass is 19.1. The van der Waals surface area contributed by atoms with Gasteiger partial charge in [0.2, 0.25) is 0 Å². The Balaban J connectivity index is 1.99. The summed E-state index contributed by atoms with van der Waals surface area (Å²) in [5.41, 5.74) is 1.08. The van der Waals surface area contributed by atoms with Crippen molar-refractivity contribution in [3.05, 3.63) is 46.9 Å². The van der Waals surface area contributed by atoms with Gasteiger partial charge >= 0.3 is 6.03 Å². The molecule has 3 rings (SSSR count). The molecular formula is C16H18FN3O3. The van der Waals surface area contributed by atoms with E-state index in [2.05, 4.69) is 10.6 Å². The number of benzene rings is 1. The smallest absolute Gasteiger partial charge is 0.319 e. The summed E-state index contributed by atoms with van der Waals surface area (Å²) in [6.45, 7) is 3.56. The van der Waals surface area contributed by atoms with Crippen LogP contribution in [0.4, 0.5) is 9.18 Å². The molecule has 2 aliphatic rings. The predicted octanol–water partition coefficient (Wildman–Crippen LogP) is 1.31. The molecule has 0 saturated carbocycles. The average Bonchev–Trinajstić information content (AvgIpc) is 2.55. The molecule has 1 aromatic rings. The van der Waals surface area contributed by atoms with E-state index in [1.165, 1.54) is 6.07 Å². The second-order valence-corrected chi connectivity index (χ2v) is 5.50. The van der Waals surface area contributed by atoms with Crippen molar-refractivity contribution in [2.75, 3.05) is 26.3 Å². The Bertz CT molecular complexity index is 668. The molecule has 0 aliphatic carbocycles. The molecule has 1 saturated heterocycles. The van der Waals surface area contributed by atoms with Crippen LogP contribution in [0, 0.1) is 5.82 Å². The minimum Gasteiger partial charge on any atom is -0.378 e. The van der Waals surface area contributed by atoms with Crippen molar-refractivity contribution in [1.82, 2.24) is 15.5 Å². The summed E-state index contributed by atoms with van der Waals surface area (Å²) >= 11 is 0. The first kappa shape index (κ1) is 15.5. The van der Waals surface area contributed by atoms with Crippen molar-refractivity contribution in [3.8, 4) is 0 Å². The summed E-state index contributed by atoms with van der Waals surface area (Å²) < 4.78 is 19.4. The van der Waals surface area contributed by atoms with Crippen LogP contribution in [0.1, 0.15) is 18.5 Å². The lowest BCUT2D eigenvalue weighted by Gasteiger charge is -2.34. The van der Waals surface area contributed by atoms with Gasteiger partial charge in [-0.15, -0.1) is 0 Å². The van der Waals surface area contributed by atoms with Crippen LogP contribution in [0.2, 0.25) is 0 Å². The summed E-state index contributed by atoms with van der Waals surface area (Å²) in [6.07, 6.45) is 0. The van der Waals surface area contributed by atoms with Gasteiger partial charge in [0.1, 0.15) is 5.82 Å². The van der Waals surface area contributed by atoms with Crippen LogP contribution in [0.3, 0.4) is 0 Å². The van der Waals surface area contributed by atoms with E-state index in [1.54, 1.807) is 30.0 Å². The van der Waals surface area contributed by atoms with Crippen molar-refractivity contribution < 1.29 is 18.7 Å². The molecule has 23 heavy (non-hydrogen) atoms. The number of amides is 3. The van der Waals surface area contributed by atoms with Gasteiger partial charge in [-0.1, -0.05) is 18.2 Å². The summed E-state index contributed by atoms with van der Waals surface area (Å²) in [4.78, 5) is 26.3. The SMILES string of the molecule is CC1=C(C(=O)N2CCOCC2)[C@H](c2ccccc2F)NC(=O)N1. The molecule has 2 heterocycles. The molecule has 0 radical (unpaired) electrons. The average molecular weight is 319 g/mol. The molecular weight excluding hydrogens is 301 g/mol. The lowest BCUT2D eigenvalue weighted by Crippen LogP contribution is -2.49. The Labute approximate surface area is 133 Å². The number of rotatable bonds is 2. The van der Waals surface area contributed by atoms with Crippen LogP contribution < -0.4 is 10.6 Å². The zero-order valence-corrected chi connectivity index (χ0v) is 12.8. The first-order valence-corrected chi connectivity index (χ1v) is 7.47. The number of nitrogens with zero attached hydrogens (tertiary/aromatic N) is 1. The van der Waals surface area contributed by atoms with Crippen molar-refractivity contribution in [2.24, 2.45) is 0 Å². The Morgan fingerprint density at radius 2 is 2.00 bits per heavy atom. The van der Waals surface area contributed by atoms with Gasteiger partial charge in [-0.2, -0.15) is 0 Å². The number of allylic oxidation sites excluding steroid dienone is 1. The van der Waals surface area contributed by atoms with Crippen LogP contribution in [-0.2, 0) is 9.53 Å². The van der Waals surface area contributed by atoms with Gasteiger partial charge in [0.05, 0.1) is 24.8 Å². The second kappa shape index (κ2) is 6.37. The summed E-state index contributed by atoms with van der Waals surface area (Å²) in [5.74, 6) is -0.675. The van der Waals surface area contributed by atoms with E-state index < -0.39 is 17.9 Å². The zero-order valence-electron chi connectivity index (χ0n) is 12.8. The summed E-state index contributed by atoms with van der Waals surface area (Å²) in [7, 11) is 0. The maximum atomic E-state index is 14.2. The van der Waals surface area contributed by atoms with Gasteiger partial charge < -0.3 is 20.3 Å². The standard InChI is InChI=1S/C16H18FN3O3/c1-10-13(15(21)20-6-8-23-9-7-20)14(19-16(22)18-10)11-4-2-3-5-12(11)17/h2-5,14H,6-9H2,1H3,(H2,18,19,22)/t14-/m0/s1. The van der Waals surface area contributed by atoms with E-state index in [0.717, 1.165) is 0 Å². The highest BCUT2D eigenvalue weighted by Gasteiger charge is 2.35. The molecule has 1 fully saturated rings. The highest BCUT2D eigenvalue weighted by Crippen LogP contribution is 2.29. The third-order valence-corrected chi connectivity index (χ3v) is 4.01. The number of carbonyl (C=O) groups is 2. The predicted molar refractivity (Wildman–Crippen MR) is 80.9 cm³/mol. The number of hydrogen-bond acceptors (Lipinski definition) is 3. The first-order valence-electron chi connectivity index (χ1n) is 7.47. The van der Waals surface area contributed by atoms with Crippen LogP contribution in [-0.4, -0.2) is 43.1 Å². The Kier molecular flexibility index (Phi) is 4.29. The van der Waals surface area contributed by atoms with E-state index in [9.17, 15) is 14.0 Å². The van der Waals surface area contributed by atoms with Gasteiger partial charge in [-0.05, 0) is 13.0 Å². The van der Waals surface area contributed by atoms with E-state index in [1.807, 2.05) is 0 Å². The summed E-state index contributed by atoms with van der Waals surface area (Å²) in [6, 6.07) is 4.89. The number of halogens is 1. The van der Waals surface area contributed by atoms with Crippen molar-refractivity contribution in [2.45, 2.75) is 13.0 Å². The second-order valence-electron chi connectivity index (χ2n) is 5.50. The van der Waals surface area contributed by atoms with Crippen LogP contribution >= 0.6 is 0 Å². The normalized spacial score (nSPS) is 21.7. The quantitative estimate of drug-likeness (QED) is 0.863. The Morgan fingerprint density at radius 1 is 1.30 bits per heavy atom. The molecule has 0 bridgehead atoms. The van der Waals surface area contributed by atoms with E-state index in [4.69, 9.17) is 4.74 Å². The third kappa shape index (κ3) is 3.05. The monoisotopic (exact) mass is 319 g/mol. The van der Waals surface area contributed by atoms with Gasteiger partial charge in [0.25, 0.3) is 5.91 Å². The topological polar surface area (TPSA) is 70.7 Å². The maximum Gasteiger partial charge on any atom is 0.319 e. The van der Waals surface area contributed by atoms with Crippen molar-refractivity contribution >= 4 is 11.9 Å². The van der Waals surface area contributed by atoms with Gasteiger partial charge in [-0.3, -0.25) is 4.79 Å². The lowest BCUT2D eigenvalue weighted by molar-refractivity contribution is -0.131. The number of hydrogen-bond donors (Lipinski definition) is 2. The fraction of sp³-hybridized carbons (Fsp3) is 0.375. The molecule has 6 nitrogen and oxygen atoms in total. The van der Waals surface area contributed by atoms with Crippen molar-refractivity contribution in [1.29, 1.82) is 0 Å². The van der Waals surface area contributed by atoms with Crippen LogP contribution in [0.25, 0.3) is 0 Å². The zero-order chi connectivity index (χ0) is 16.4. The van der Waals surface area contributed by atoms with Gasteiger partial charge in [0, 0.05) is 24.4 Å². The molecule has 7 heteroatoms. The minimum absolute atomic E-state index is 0.216. The molecule has 1 atom stereocenters. The Hall–Kier alpha value is -2.41. The number of ether oxygens (including phenoxy) is 1. The molecule has 2 aliphatic heterocycles. The molecule has 0 aromatic heterocycles. The molecule has 122 valence electrons. The number of carbonyl (C=O) groups excluding carboxylic acids is 2. The lowest BCUT2D eigenvalue weighted by atomic mass is 9.94.